The van der Waals surface area contributed by atoms with Crippen LogP contribution in [0.4, 0.5) is 0 Å². The third-order valence-electron chi connectivity index (χ3n) is 4.22. The van der Waals surface area contributed by atoms with Gasteiger partial charge in [-0.15, -0.1) is 24.0 Å². The maximum atomic E-state index is 12.3. The zero-order valence-corrected chi connectivity index (χ0v) is 19.4. The molecule has 0 spiro atoms. The molecule has 2 aromatic rings. The Hall–Kier alpha value is -2.14. The van der Waals surface area contributed by atoms with E-state index in [-0.39, 0.29) is 43.0 Å². The first-order chi connectivity index (χ1) is 13.4. The molecular weight excluding hydrogens is 485 g/mol. The predicted molar refractivity (Wildman–Crippen MR) is 123 cm³/mol. The minimum Gasteiger partial charge on any atom is -0.466 e. The molecule has 29 heavy (non-hydrogen) atoms. The smallest absolute Gasteiger partial charge is 0.244 e. The maximum absolute atomic E-state index is 12.3. The molecule has 0 radical (unpaired) electrons. The van der Waals surface area contributed by atoms with Crippen LogP contribution in [0.15, 0.2) is 52.2 Å². The Morgan fingerprint density at radius 1 is 1.31 bits per heavy atom. The molecule has 0 bridgehead atoms. The fourth-order valence-electron chi connectivity index (χ4n) is 2.49. The van der Waals surface area contributed by atoms with Gasteiger partial charge in [0, 0.05) is 38.4 Å². The van der Waals surface area contributed by atoms with Gasteiger partial charge in [0.1, 0.15) is 17.9 Å². The van der Waals surface area contributed by atoms with Crippen molar-refractivity contribution in [2.75, 3.05) is 33.2 Å². The van der Waals surface area contributed by atoms with Crippen molar-refractivity contribution < 1.29 is 14.3 Å². The molecule has 2 heterocycles. The van der Waals surface area contributed by atoms with E-state index < -0.39 is 5.60 Å². The summed E-state index contributed by atoms with van der Waals surface area (Å²) < 4.78 is 5.27. The summed E-state index contributed by atoms with van der Waals surface area (Å²) in [7, 11) is 1.75. The SMILES string of the molecule is CCNC(=NCC(=O)N(C)CCc1ccccn1)NCC(C)(O)c1ccco1.I. The van der Waals surface area contributed by atoms with Crippen LogP contribution in [-0.2, 0) is 16.8 Å². The average Bonchev–Trinajstić information content (AvgIpc) is 3.24. The number of amides is 1. The minimum atomic E-state index is -1.19. The van der Waals surface area contributed by atoms with Crippen LogP contribution in [0.25, 0.3) is 0 Å². The molecule has 9 heteroatoms. The molecule has 2 aromatic heterocycles. The average molecular weight is 515 g/mol. The van der Waals surface area contributed by atoms with E-state index in [1.54, 1.807) is 37.2 Å². The van der Waals surface area contributed by atoms with Crippen LogP contribution in [-0.4, -0.2) is 60.1 Å². The standard InChI is InChI=1S/C20H29N5O3.HI/c1-4-21-19(24-15-20(2,27)17-9-7-13-28-17)23-14-18(26)25(3)12-10-16-8-5-6-11-22-16;/h5-9,11,13,27H,4,10,12,14-15H2,1-3H3,(H2,21,23,24);1H. The number of aromatic nitrogens is 1. The van der Waals surface area contributed by atoms with Crippen molar-refractivity contribution in [3.05, 3.63) is 54.2 Å². The monoisotopic (exact) mass is 515 g/mol. The number of hydrogen-bond donors (Lipinski definition) is 3. The maximum Gasteiger partial charge on any atom is 0.244 e. The molecule has 0 aliphatic carbocycles. The first-order valence-corrected chi connectivity index (χ1v) is 9.35. The zero-order chi connectivity index (χ0) is 20.4. The van der Waals surface area contributed by atoms with Gasteiger partial charge in [-0.25, -0.2) is 4.99 Å². The van der Waals surface area contributed by atoms with Gasteiger partial charge in [-0.05, 0) is 38.1 Å². The normalized spacial score (nSPS) is 13.2. The number of halogens is 1. The number of nitrogens with one attached hydrogen (secondary N) is 2. The Labute approximate surface area is 188 Å². The Morgan fingerprint density at radius 2 is 2.10 bits per heavy atom. The highest BCUT2D eigenvalue weighted by molar-refractivity contribution is 14.0. The molecule has 1 unspecified atom stereocenters. The van der Waals surface area contributed by atoms with E-state index in [1.807, 2.05) is 25.1 Å². The van der Waals surface area contributed by atoms with Crippen molar-refractivity contribution >= 4 is 35.8 Å². The van der Waals surface area contributed by atoms with Gasteiger partial charge in [0.25, 0.3) is 0 Å². The topological polar surface area (TPSA) is 103 Å². The molecule has 0 saturated carbocycles. The zero-order valence-electron chi connectivity index (χ0n) is 17.1. The number of aliphatic imine (C=N–C) groups is 1. The van der Waals surface area contributed by atoms with Gasteiger partial charge in [0.05, 0.1) is 12.8 Å². The van der Waals surface area contributed by atoms with Crippen molar-refractivity contribution in [1.82, 2.24) is 20.5 Å². The van der Waals surface area contributed by atoms with Crippen molar-refractivity contribution in [2.24, 2.45) is 4.99 Å². The lowest BCUT2D eigenvalue weighted by Crippen LogP contribution is -2.45. The molecule has 8 nitrogen and oxygen atoms in total. The van der Waals surface area contributed by atoms with E-state index in [1.165, 1.54) is 6.26 Å². The molecule has 0 aliphatic heterocycles. The molecule has 0 saturated heterocycles. The Morgan fingerprint density at radius 3 is 2.72 bits per heavy atom. The van der Waals surface area contributed by atoms with Crippen molar-refractivity contribution in [1.29, 1.82) is 0 Å². The van der Waals surface area contributed by atoms with Crippen LogP contribution in [0.1, 0.15) is 25.3 Å². The molecule has 1 atom stereocenters. The lowest BCUT2D eigenvalue weighted by molar-refractivity contribution is -0.128. The van der Waals surface area contributed by atoms with Gasteiger partial charge in [-0.1, -0.05) is 6.07 Å². The largest absolute Gasteiger partial charge is 0.466 e. The Balaban J connectivity index is 0.00000420. The van der Waals surface area contributed by atoms with Crippen LogP contribution in [0, 0.1) is 0 Å². The van der Waals surface area contributed by atoms with E-state index in [9.17, 15) is 9.90 Å². The number of carbonyl (C=O) groups excluding carboxylic acids is 1. The number of rotatable bonds is 9. The van der Waals surface area contributed by atoms with Gasteiger partial charge in [-0.2, -0.15) is 0 Å². The Bertz CT molecular complexity index is 751. The highest BCUT2D eigenvalue weighted by atomic mass is 127. The van der Waals surface area contributed by atoms with Crippen LogP contribution in [0.3, 0.4) is 0 Å². The second kappa shape index (κ2) is 12.4. The first-order valence-electron chi connectivity index (χ1n) is 9.35. The number of pyridine rings is 1. The number of hydrogen-bond acceptors (Lipinski definition) is 5. The summed E-state index contributed by atoms with van der Waals surface area (Å²) in [5.41, 5.74) is -0.246. The fraction of sp³-hybridized carbons (Fsp3) is 0.450. The molecule has 160 valence electrons. The second-order valence-corrected chi connectivity index (χ2v) is 6.69. The third-order valence-corrected chi connectivity index (χ3v) is 4.22. The Kier molecular flexibility index (Phi) is 10.7. The van der Waals surface area contributed by atoms with E-state index in [0.717, 1.165) is 5.69 Å². The van der Waals surface area contributed by atoms with Gasteiger partial charge in [0.2, 0.25) is 5.91 Å². The van der Waals surface area contributed by atoms with Crippen molar-refractivity contribution in [3.8, 4) is 0 Å². The predicted octanol–water partition coefficient (Wildman–Crippen LogP) is 1.76. The van der Waals surface area contributed by atoms with Crippen molar-refractivity contribution in [2.45, 2.75) is 25.9 Å². The van der Waals surface area contributed by atoms with E-state index in [4.69, 9.17) is 4.42 Å². The third kappa shape index (κ3) is 8.40. The molecule has 3 N–H and O–H groups in total. The van der Waals surface area contributed by atoms with Gasteiger partial charge >= 0.3 is 0 Å². The van der Waals surface area contributed by atoms with E-state index in [0.29, 0.717) is 31.2 Å². The van der Waals surface area contributed by atoms with E-state index in [2.05, 4.69) is 20.6 Å². The molecule has 0 aliphatic rings. The number of furan rings is 1. The molecule has 0 fully saturated rings. The quantitative estimate of drug-likeness (QED) is 0.267. The second-order valence-electron chi connectivity index (χ2n) is 6.69. The highest BCUT2D eigenvalue weighted by Gasteiger charge is 2.26. The van der Waals surface area contributed by atoms with Crippen LogP contribution in [0.2, 0.25) is 0 Å². The highest BCUT2D eigenvalue weighted by Crippen LogP contribution is 2.19. The van der Waals surface area contributed by atoms with E-state index >= 15 is 0 Å². The summed E-state index contributed by atoms with van der Waals surface area (Å²) in [6.45, 7) is 5.00. The summed E-state index contributed by atoms with van der Waals surface area (Å²) in [6, 6.07) is 9.18. The first kappa shape index (κ1) is 24.9. The summed E-state index contributed by atoms with van der Waals surface area (Å²) >= 11 is 0. The minimum absolute atomic E-state index is 0. The molecule has 1 amide bonds. The summed E-state index contributed by atoms with van der Waals surface area (Å²) in [4.78, 5) is 22.6. The molecular formula is C20H30IN5O3. The summed E-state index contributed by atoms with van der Waals surface area (Å²) in [6.07, 6.45) is 3.95. The fourth-order valence-corrected chi connectivity index (χ4v) is 2.49. The lowest BCUT2D eigenvalue weighted by atomic mass is 10.0. The molecule has 0 aromatic carbocycles. The number of carbonyl (C=O) groups is 1. The van der Waals surface area contributed by atoms with Gasteiger partial charge in [0.15, 0.2) is 5.96 Å². The molecule has 2 rings (SSSR count). The van der Waals surface area contributed by atoms with Gasteiger partial charge < -0.3 is 25.1 Å². The lowest BCUT2D eigenvalue weighted by Gasteiger charge is -2.23. The number of likely N-dealkylation sites (N-methyl/N-ethyl adjacent to an activating group) is 1. The van der Waals surface area contributed by atoms with Crippen LogP contribution in [0.5, 0.6) is 0 Å². The van der Waals surface area contributed by atoms with Crippen molar-refractivity contribution in [3.63, 3.8) is 0 Å². The number of guanidine groups is 1. The summed E-state index contributed by atoms with van der Waals surface area (Å²) in [5.74, 6) is 0.827. The number of aliphatic hydroxyl groups is 1. The summed E-state index contributed by atoms with van der Waals surface area (Å²) in [5, 5.41) is 16.6. The van der Waals surface area contributed by atoms with Crippen LogP contribution < -0.4 is 10.6 Å². The van der Waals surface area contributed by atoms with Crippen LogP contribution >= 0.6 is 24.0 Å². The number of nitrogens with zero attached hydrogens (tertiary/aromatic N) is 3. The van der Waals surface area contributed by atoms with Gasteiger partial charge in [-0.3, -0.25) is 9.78 Å².